The van der Waals surface area contributed by atoms with E-state index < -0.39 is 0 Å². The minimum atomic E-state index is 0. The van der Waals surface area contributed by atoms with Gasteiger partial charge in [0.05, 0.1) is 27.9 Å². The van der Waals surface area contributed by atoms with Gasteiger partial charge in [0.1, 0.15) is 12.4 Å². The van der Waals surface area contributed by atoms with Crippen molar-refractivity contribution in [2.24, 2.45) is 4.99 Å². The van der Waals surface area contributed by atoms with Crippen molar-refractivity contribution in [1.82, 2.24) is 15.1 Å². The monoisotopic (exact) mass is 570 g/mol. The van der Waals surface area contributed by atoms with Crippen LogP contribution in [0.25, 0.3) is 0 Å². The van der Waals surface area contributed by atoms with Crippen molar-refractivity contribution in [3.8, 4) is 23.0 Å². The summed E-state index contributed by atoms with van der Waals surface area (Å²) >= 11 is 0. The van der Waals surface area contributed by atoms with E-state index in [-0.39, 0.29) is 24.0 Å². The molecule has 1 N–H and O–H groups in total. The Balaban J connectivity index is 0.00000385. The fraction of sp³-hybridized carbons (Fsp3) is 0.458. The summed E-state index contributed by atoms with van der Waals surface area (Å²) in [5.41, 5.74) is 1.13. The lowest BCUT2D eigenvalue weighted by Gasteiger charge is -2.36. The molecule has 8 nitrogen and oxygen atoms in total. The summed E-state index contributed by atoms with van der Waals surface area (Å²) in [4.78, 5) is 9.15. The summed E-state index contributed by atoms with van der Waals surface area (Å²) in [7, 11) is 6.73. The molecule has 182 valence electrons. The Labute approximate surface area is 213 Å². The number of para-hydroxylation sites is 1. The molecule has 1 aliphatic heterocycles. The Hall–Kier alpha value is -2.40. The van der Waals surface area contributed by atoms with E-state index in [2.05, 4.69) is 20.1 Å². The zero-order valence-electron chi connectivity index (χ0n) is 19.9. The second-order valence-corrected chi connectivity index (χ2v) is 7.43. The van der Waals surface area contributed by atoms with Crippen LogP contribution in [0.1, 0.15) is 5.56 Å². The van der Waals surface area contributed by atoms with Gasteiger partial charge in [-0.15, -0.1) is 24.0 Å². The number of halogens is 1. The lowest BCUT2D eigenvalue weighted by Crippen LogP contribution is -2.52. The number of piperazine rings is 1. The lowest BCUT2D eigenvalue weighted by molar-refractivity contribution is 0.171. The molecule has 0 amide bonds. The number of ether oxygens (including phenoxy) is 4. The molecule has 0 bridgehead atoms. The van der Waals surface area contributed by atoms with Crippen LogP contribution >= 0.6 is 24.0 Å². The number of nitrogens with zero attached hydrogens (tertiary/aromatic N) is 3. The number of methoxy groups -OCH3 is 3. The van der Waals surface area contributed by atoms with Crippen molar-refractivity contribution in [2.75, 3.05) is 67.7 Å². The normalized spacial score (nSPS) is 14.3. The highest BCUT2D eigenvalue weighted by atomic mass is 127. The van der Waals surface area contributed by atoms with Gasteiger partial charge in [-0.05, 0) is 29.8 Å². The van der Waals surface area contributed by atoms with E-state index in [0.717, 1.165) is 50.0 Å². The Morgan fingerprint density at radius 1 is 0.939 bits per heavy atom. The van der Waals surface area contributed by atoms with Crippen LogP contribution < -0.4 is 24.3 Å². The van der Waals surface area contributed by atoms with Crippen LogP contribution in [-0.2, 0) is 6.54 Å². The van der Waals surface area contributed by atoms with Crippen LogP contribution in [0.2, 0.25) is 0 Å². The van der Waals surface area contributed by atoms with Crippen molar-refractivity contribution in [2.45, 2.75) is 6.54 Å². The molecule has 1 aliphatic rings. The number of benzene rings is 2. The number of rotatable bonds is 9. The summed E-state index contributed by atoms with van der Waals surface area (Å²) in [6, 6.07) is 13.9. The van der Waals surface area contributed by atoms with Gasteiger partial charge in [-0.3, -0.25) is 9.89 Å². The summed E-state index contributed by atoms with van der Waals surface area (Å²) < 4.78 is 22.1. The third-order valence-corrected chi connectivity index (χ3v) is 5.41. The molecular weight excluding hydrogens is 535 g/mol. The first kappa shape index (κ1) is 26.8. The molecular formula is C24H35IN4O4. The van der Waals surface area contributed by atoms with Gasteiger partial charge in [0.25, 0.3) is 0 Å². The van der Waals surface area contributed by atoms with Crippen LogP contribution in [0, 0.1) is 0 Å². The number of hydrogen-bond acceptors (Lipinski definition) is 6. The van der Waals surface area contributed by atoms with Gasteiger partial charge >= 0.3 is 0 Å². The quantitative estimate of drug-likeness (QED) is 0.215. The highest BCUT2D eigenvalue weighted by molar-refractivity contribution is 14.0. The first-order valence-electron chi connectivity index (χ1n) is 10.8. The fourth-order valence-corrected chi connectivity index (χ4v) is 3.78. The van der Waals surface area contributed by atoms with Crippen molar-refractivity contribution in [3.05, 3.63) is 48.0 Å². The number of aliphatic imine (C=N–C) groups is 1. The molecule has 33 heavy (non-hydrogen) atoms. The average Bonchev–Trinajstić information content (AvgIpc) is 2.84. The van der Waals surface area contributed by atoms with Crippen molar-refractivity contribution in [1.29, 1.82) is 0 Å². The van der Waals surface area contributed by atoms with Crippen molar-refractivity contribution in [3.63, 3.8) is 0 Å². The second-order valence-electron chi connectivity index (χ2n) is 7.43. The third kappa shape index (κ3) is 7.56. The molecule has 0 atom stereocenters. The molecule has 0 spiro atoms. The summed E-state index contributed by atoms with van der Waals surface area (Å²) in [5, 5.41) is 3.40. The molecule has 1 saturated heterocycles. The van der Waals surface area contributed by atoms with E-state index in [9.17, 15) is 0 Å². The third-order valence-electron chi connectivity index (χ3n) is 5.41. The Morgan fingerprint density at radius 3 is 2.12 bits per heavy atom. The van der Waals surface area contributed by atoms with Crippen LogP contribution in [0.15, 0.2) is 47.5 Å². The number of hydrogen-bond donors (Lipinski definition) is 1. The molecule has 2 aromatic rings. The predicted octanol–water partition coefficient (Wildman–Crippen LogP) is 3.10. The molecule has 0 aromatic heterocycles. The topological polar surface area (TPSA) is 67.8 Å². The number of guanidine groups is 1. The molecule has 1 fully saturated rings. The van der Waals surface area contributed by atoms with E-state index >= 15 is 0 Å². The Bertz CT molecular complexity index is 849. The largest absolute Gasteiger partial charge is 0.493 e. The molecule has 0 radical (unpaired) electrons. The molecule has 3 rings (SSSR count). The van der Waals surface area contributed by atoms with E-state index in [1.54, 1.807) is 21.3 Å². The maximum atomic E-state index is 5.75. The lowest BCUT2D eigenvalue weighted by atomic mass is 10.1. The highest BCUT2D eigenvalue weighted by Crippen LogP contribution is 2.38. The maximum Gasteiger partial charge on any atom is 0.203 e. The van der Waals surface area contributed by atoms with Gasteiger partial charge in [0, 0.05) is 39.8 Å². The van der Waals surface area contributed by atoms with Crippen LogP contribution in [0.5, 0.6) is 23.0 Å². The van der Waals surface area contributed by atoms with Crippen LogP contribution in [0.3, 0.4) is 0 Å². The summed E-state index contributed by atoms with van der Waals surface area (Å²) in [5.74, 6) is 3.78. The minimum Gasteiger partial charge on any atom is -0.493 e. The number of nitrogens with one attached hydrogen (secondary N) is 1. The second kappa shape index (κ2) is 14.0. The first-order chi connectivity index (χ1) is 15.7. The smallest absolute Gasteiger partial charge is 0.203 e. The van der Waals surface area contributed by atoms with E-state index in [4.69, 9.17) is 18.9 Å². The van der Waals surface area contributed by atoms with Crippen LogP contribution in [-0.4, -0.2) is 83.5 Å². The first-order valence-corrected chi connectivity index (χ1v) is 10.8. The minimum absolute atomic E-state index is 0. The molecule has 1 heterocycles. The van der Waals surface area contributed by atoms with E-state index in [0.29, 0.717) is 30.4 Å². The van der Waals surface area contributed by atoms with Gasteiger partial charge < -0.3 is 29.2 Å². The van der Waals surface area contributed by atoms with E-state index in [1.807, 2.05) is 49.5 Å². The van der Waals surface area contributed by atoms with Crippen molar-refractivity contribution >= 4 is 29.9 Å². The highest BCUT2D eigenvalue weighted by Gasteiger charge is 2.21. The van der Waals surface area contributed by atoms with Crippen LogP contribution in [0.4, 0.5) is 0 Å². The standard InChI is InChI=1S/C24H34N4O4.HI/c1-25-24(26-10-15-32-20-8-6-5-7-9-20)28-13-11-27(12-14-28)18-19-16-21(29-2)23(31-4)22(17-19)30-3;/h5-9,16-17H,10-15,18H2,1-4H3,(H,25,26);1H. The van der Waals surface area contributed by atoms with Gasteiger partial charge in [-0.25, -0.2) is 0 Å². The molecule has 9 heteroatoms. The Kier molecular flexibility index (Phi) is 11.4. The van der Waals surface area contributed by atoms with Crippen molar-refractivity contribution < 1.29 is 18.9 Å². The zero-order valence-corrected chi connectivity index (χ0v) is 22.2. The van der Waals surface area contributed by atoms with Gasteiger partial charge in [0.2, 0.25) is 5.75 Å². The summed E-state index contributed by atoms with van der Waals surface area (Å²) in [6.45, 7) is 5.81. The maximum absolute atomic E-state index is 5.75. The van der Waals surface area contributed by atoms with Gasteiger partial charge in [-0.1, -0.05) is 18.2 Å². The zero-order chi connectivity index (χ0) is 22.8. The molecule has 0 aliphatic carbocycles. The van der Waals surface area contributed by atoms with Gasteiger partial charge in [-0.2, -0.15) is 0 Å². The fourth-order valence-electron chi connectivity index (χ4n) is 3.78. The molecule has 2 aromatic carbocycles. The molecule has 0 saturated carbocycles. The van der Waals surface area contributed by atoms with Gasteiger partial charge in [0.15, 0.2) is 17.5 Å². The average molecular weight is 570 g/mol. The summed E-state index contributed by atoms with van der Waals surface area (Å²) in [6.07, 6.45) is 0. The molecule has 0 unspecified atom stereocenters. The predicted molar refractivity (Wildman–Crippen MR) is 142 cm³/mol. The SMILES string of the molecule is CN=C(NCCOc1ccccc1)N1CCN(Cc2cc(OC)c(OC)c(OC)c2)CC1.I. The van der Waals surface area contributed by atoms with E-state index in [1.165, 1.54) is 0 Å². The Morgan fingerprint density at radius 2 is 1.58 bits per heavy atom.